The Kier molecular flexibility index (Phi) is 3.61. The summed E-state index contributed by atoms with van der Waals surface area (Å²) in [5, 5.41) is 0. The van der Waals surface area contributed by atoms with Crippen molar-refractivity contribution >= 4 is 11.8 Å². The van der Waals surface area contributed by atoms with Gasteiger partial charge in [0.05, 0.1) is 0 Å². The average Bonchev–Trinajstić information content (AvgIpc) is 2.98. The van der Waals surface area contributed by atoms with Crippen molar-refractivity contribution in [1.82, 2.24) is 9.80 Å². The second-order valence-electron chi connectivity index (χ2n) is 6.23. The zero-order chi connectivity index (χ0) is 15.2. The fourth-order valence-electron chi connectivity index (χ4n) is 3.66. The topological polar surface area (TPSA) is 40.6 Å². The van der Waals surface area contributed by atoms with Crippen molar-refractivity contribution < 1.29 is 22.8 Å². The molecule has 1 saturated carbocycles. The van der Waals surface area contributed by atoms with Crippen LogP contribution in [0, 0.1) is 5.92 Å². The number of hydrogen-bond donors (Lipinski definition) is 0. The van der Waals surface area contributed by atoms with Crippen LogP contribution in [-0.4, -0.2) is 53.0 Å². The number of alkyl halides is 3. The fourth-order valence-corrected chi connectivity index (χ4v) is 3.66. The lowest BCUT2D eigenvalue weighted by Crippen LogP contribution is -2.52. The monoisotopic (exact) mass is 304 g/mol. The van der Waals surface area contributed by atoms with Crippen LogP contribution in [0.5, 0.6) is 0 Å². The molecular weight excluding hydrogens is 285 g/mol. The minimum Gasteiger partial charge on any atom is -0.338 e. The molecule has 2 saturated heterocycles. The summed E-state index contributed by atoms with van der Waals surface area (Å²) >= 11 is 0. The maximum Gasteiger partial charge on any atom is 0.471 e. The first-order valence-corrected chi connectivity index (χ1v) is 7.58. The van der Waals surface area contributed by atoms with E-state index in [1.54, 1.807) is 4.90 Å². The largest absolute Gasteiger partial charge is 0.471 e. The van der Waals surface area contributed by atoms with Crippen molar-refractivity contribution in [3.8, 4) is 0 Å². The molecule has 0 bridgehead atoms. The molecule has 1 aliphatic carbocycles. The molecule has 7 heteroatoms. The van der Waals surface area contributed by atoms with Crippen LogP contribution in [-0.2, 0) is 9.59 Å². The molecule has 2 aliphatic heterocycles. The Morgan fingerprint density at radius 3 is 2.14 bits per heavy atom. The normalized spacial score (nSPS) is 30.0. The van der Waals surface area contributed by atoms with E-state index >= 15 is 0 Å². The number of likely N-dealkylation sites (tertiary alicyclic amines) is 2. The Bertz CT molecular complexity index is 448. The number of carbonyl (C=O) groups is 2. The summed E-state index contributed by atoms with van der Waals surface area (Å²) in [4.78, 5) is 26.5. The zero-order valence-corrected chi connectivity index (χ0v) is 11.7. The van der Waals surface area contributed by atoms with E-state index in [0.717, 1.165) is 30.6 Å². The first kappa shape index (κ1) is 14.7. The zero-order valence-electron chi connectivity index (χ0n) is 11.7. The van der Waals surface area contributed by atoms with Crippen molar-refractivity contribution in [3.05, 3.63) is 0 Å². The highest BCUT2D eigenvalue weighted by atomic mass is 19.4. The lowest BCUT2D eigenvalue weighted by Gasteiger charge is -2.31. The van der Waals surface area contributed by atoms with E-state index in [0.29, 0.717) is 25.3 Å². The van der Waals surface area contributed by atoms with Gasteiger partial charge >= 0.3 is 12.1 Å². The molecule has 0 aromatic carbocycles. The number of halogens is 3. The van der Waals surface area contributed by atoms with Gasteiger partial charge in [0.15, 0.2) is 0 Å². The van der Waals surface area contributed by atoms with E-state index in [1.165, 1.54) is 0 Å². The molecule has 2 unspecified atom stereocenters. The molecular formula is C14H19F3N2O2. The maximum atomic E-state index is 12.6. The van der Waals surface area contributed by atoms with Gasteiger partial charge in [-0.3, -0.25) is 9.59 Å². The molecule has 3 rings (SSSR count). The second-order valence-corrected chi connectivity index (χ2v) is 6.23. The van der Waals surface area contributed by atoms with Crippen LogP contribution in [0.2, 0.25) is 0 Å². The second kappa shape index (κ2) is 5.18. The van der Waals surface area contributed by atoms with Gasteiger partial charge in [0.1, 0.15) is 6.04 Å². The molecule has 2 atom stereocenters. The van der Waals surface area contributed by atoms with Crippen LogP contribution in [0.4, 0.5) is 13.2 Å². The summed E-state index contributed by atoms with van der Waals surface area (Å²) < 4.78 is 37.8. The van der Waals surface area contributed by atoms with Gasteiger partial charge in [-0.2, -0.15) is 13.2 Å². The van der Waals surface area contributed by atoms with Gasteiger partial charge in [-0.1, -0.05) is 0 Å². The third-order valence-electron chi connectivity index (χ3n) is 4.79. The van der Waals surface area contributed by atoms with Crippen LogP contribution in [0.15, 0.2) is 0 Å². The number of nitrogens with zero attached hydrogens (tertiary/aromatic N) is 2. The lowest BCUT2D eigenvalue weighted by atomic mass is 10.1. The number of rotatable bonds is 2. The minimum absolute atomic E-state index is 0.0245. The number of carbonyl (C=O) groups excluding carboxylic acids is 2. The third kappa shape index (κ3) is 2.74. The molecule has 21 heavy (non-hydrogen) atoms. The van der Waals surface area contributed by atoms with Crippen molar-refractivity contribution in [1.29, 1.82) is 0 Å². The van der Waals surface area contributed by atoms with Gasteiger partial charge in [-0.15, -0.1) is 0 Å². The molecule has 2 amide bonds. The number of hydrogen-bond acceptors (Lipinski definition) is 2. The lowest BCUT2D eigenvalue weighted by molar-refractivity contribution is -0.187. The van der Waals surface area contributed by atoms with Crippen LogP contribution in [0.3, 0.4) is 0 Å². The summed E-state index contributed by atoms with van der Waals surface area (Å²) in [5.41, 5.74) is 0. The molecule has 0 aromatic heterocycles. The SMILES string of the molecule is O=C(C1CCCN1C(=O)C(F)(F)F)N1CCCC1C1CC1. The molecule has 0 N–H and O–H groups in total. The van der Waals surface area contributed by atoms with Crippen molar-refractivity contribution in [3.63, 3.8) is 0 Å². The quantitative estimate of drug-likeness (QED) is 0.782. The molecule has 0 aromatic rings. The predicted octanol–water partition coefficient (Wildman–Crippen LogP) is 1.94. The van der Waals surface area contributed by atoms with Crippen LogP contribution in [0.1, 0.15) is 38.5 Å². The standard InChI is InChI=1S/C14H19F3N2O2/c15-14(16,17)13(21)19-8-2-4-11(19)12(20)18-7-1-3-10(18)9-5-6-9/h9-11H,1-8H2. The van der Waals surface area contributed by atoms with Crippen molar-refractivity contribution in [2.24, 2.45) is 5.92 Å². The smallest absolute Gasteiger partial charge is 0.338 e. The van der Waals surface area contributed by atoms with E-state index in [-0.39, 0.29) is 18.5 Å². The Labute approximate surface area is 121 Å². The highest BCUT2D eigenvalue weighted by Crippen LogP contribution is 2.41. The highest BCUT2D eigenvalue weighted by molar-refractivity contribution is 5.90. The molecule has 2 heterocycles. The first-order chi connectivity index (χ1) is 9.89. The van der Waals surface area contributed by atoms with Gasteiger partial charge in [0.2, 0.25) is 5.91 Å². The Balaban J connectivity index is 1.72. The summed E-state index contributed by atoms with van der Waals surface area (Å²) in [6.45, 7) is 0.640. The molecule has 3 aliphatic rings. The minimum atomic E-state index is -4.90. The van der Waals surface area contributed by atoms with Crippen LogP contribution in [0.25, 0.3) is 0 Å². The summed E-state index contributed by atoms with van der Waals surface area (Å²) in [6, 6.07) is -0.737. The third-order valence-corrected chi connectivity index (χ3v) is 4.79. The summed E-state index contributed by atoms with van der Waals surface area (Å²) in [6.07, 6.45) is -0.0454. The summed E-state index contributed by atoms with van der Waals surface area (Å²) in [7, 11) is 0. The van der Waals surface area contributed by atoms with Crippen molar-refractivity contribution in [2.45, 2.75) is 56.8 Å². The maximum absolute atomic E-state index is 12.6. The molecule has 0 radical (unpaired) electrons. The first-order valence-electron chi connectivity index (χ1n) is 7.58. The van der Waals surface area contributed by atoms with E-state index in [4.69, 9.17) is 0 Å². The molecule has 0 spiro atoms. The Morgan fingerprint density at radius 2 is 1.52 bits per heavy atom. The van der Waals surface area contributed by atoms with Gasteiger partial charge in [-0.05, 0) is 44.4 Å². The Hall–Kier alpha value is -1.27. The van der Waals surface area contributed by atoms with Crippen LogP contribution >= 0.6 is 0 Å². The van der Waals surface area contributed by atoms with Gasteiger partial charge < -0.3 is 9.80 Å². The van der Waals surface area contributed by atoms with E-state index < -0.39 is 18.1 Å². The molecule has 3 fully saturated rings. The molecule has 118 valence electrons. The number of amides is 2. The highest BCUT2D eigenvalue weighted by Gasteiger charge is 2.50. The van der Waals surface area contributed by atoms with Crippen LogP contribution < -0.4 is 0 Å². The van der Waals surface area contributed by atoms with E-state index in [2.05, 4.69) is 0 Å². The summed E-state index contributed by atoms with van der Waals surface area (Å²) in [5.74, 6) is -1.63. The van der Waals surface area contributed by atoms with E-state index in [1.807, 2.05) is 0 Å². The van der Waals surface area contributed by atoms with Crippen molar-refractivity contribution in [2.75, 3.05) is 13.1 Å². The van der Waals surface area contributed by atoms with Gasteiger partial charge in [0.25, 0.3) is 0 Å². The van der Waals surface area contributed by atoms with Gasteiger partial charge in [0, 0.05) is 19.1 Å². The van der Waals surface area contributed by atoms with Gasteiger partial charge in [-0.25, -0.2) is 0 Å². The molecule has 4 nitrogen and oxygen atoms in total. The average molecular weight is 304 g/mol. The van der Waals surface area contributed by atoms with E-state index in [9.17, 15) is 22.8 Å². The fraction of sp³-hybridized carbons (Fsp3) is 0.857. The predicted molar refractivity (Wildman–Crippen MR) is 68.2 cm³/mol. The Morgan fingerprint density at radius 1 is 0.905 bits per heavy atom.